The molecule has 2 rings (SSSR count). The molecule has 0 aliphatic carbocycles. The summed E-state index contributed by atoms with van der Waals surface area (Å²) in [5, 5.41) is 0.0318. The van der Waals surface area contributed by atoms with Crippen LogP contribution in [0.2, 0.25) is 5.02 Å². The molecule has 2 N–H and O–H groups in total. The molecule has 7 heteroatoms. The molecule has 0 heterocycles. The van der Waals surface area contributed by atoms with E-state index in [1.807, 2.05) is 0 Å². The summed E-state index contributed by atoms with van der Waals surface area (Å²) in [6.45, 7) is 0. The molecule has 1 atom stereocenters. The molecule has 0 spiro atoms. The Bertz CT molecular complexity index is 625. The van der Waals surface area contributed by atoms with Crippen molar-refractivity contribution in [3.05, 3.63) is 64.4 Å². The van der Waals surface area contributed by atoms with Crippen LogP contribution in [0.3, 0.4) is 0 Å². The number of benzene rings is 2. The average molecular weight is 320 g/mol. The molecule has 1 unspecified atom stereocenters. The fourth-order valence-corrected chi connectivity index (χ4v) is 2.20. The lowest BCUT2D eigenvalue weighted by atomic mass is 9.98. The van der Waals surface area contributed by atoms with Gasteiger partial charge in [0.15, 0.2) is 0 Å². The lowest BCUT2D eigenvalue weighted by molar-refractivity contribution is -0.274. The molecule has 21 heavy (non-hydrogen) atoms. The molecule has 0 amide bonds. The molecule has 2 aromatic carbocycles. The van der Waals surface area contributed by atoms with Gasteiger partial charge in [-0.15, -0.1) is 13.2 Å². The molecule has 112 valence electrons. The van der Waals surface area contributed by atoms with E-state index in [0.717, 1.165) is 12.1 Å². The second-order valence-electron chi connectivity index (χ2n) is 4.20. The number of hydrogen-bond donors (Lipinski definition) is 1. The van der Waals surface area contributed by atoms with Crippen LogP contribution in [-0.4, -0.2) is 6.36 Å². The summed E-state index contributed by atoms with van der Waals surface area (Å²) in [5.41, 5.74) is 5.77. The minimum absolute atomic E-state index is 0.0122. The Morgan fingerprint density at radius 2 is 1.71 bits per heavy atom. The van der Waals surface area contributed by atoms with Gasteiger partial charge in [0, 0.05) is 16.1 Å². The summed E-state index contributed by atoms with van der Waals surface area (Å²) in [5.74, 6) is -1.19. The van der Waals surface area contributed by atoms with Crippen molar-refractivity contribution in [2.75, 3.05) is 0 Å². The van der Waals surface area contributed by atoms with Crippen LogP contribution in [0.1, 0.15) is 17.2 Å². The third-order valence-electron chi connectivity index (χ3n) is 2.79. The highest BCUT2D eigenvalue weighted by Crippen LogP contribution is 2.35. The molecule has 0 aliphatic heterocycles. The first-order chi connectivity index (χ1) is 9.79. The minimum atomic E-state index is -4.87. The fraction of sp³-hybridized carbons (Fsp3) is 0.143. The van der Waals surface area contributed by atoms with E-state index in [9.17, 15) is 17.6 Å². The van der Waals surface area contributed by atoms with Crippen LogP contribution in [0, 0.1) is 5.82 Å². The molecule has 0 bridgehead atoms. The number of nitrogens with two attached hydrogens (primary N) is 1. The van der Waals surface area contributed by atoms with Crippen LogP contribution in [0.4, 0.5) is 17.6 Å². The van der Waals surface area contributed by atoms with E-state index in [-0.39, 0.29) is 16.1 Å². The first kappa shape index (κ1) is 15.6. The van der Waals surface area contributed by atoms with Crippen LogP contribution < -0.4 is 10.5 Å². The second-order valence-corrected chi connectivity index (χ2v) is 4.61. The highest BCUT2D eigenvalue weighted by Gasteiger charge is 2.33. The van der Waals surface area contributed by atoms with Gasteiger partial charge in [0.1, 0.15) is 11.6 Å². The Balaban J connectivity index is 2.47. The van der Waals surface area contributed by atoms with E-state index in [0.29, 0.717) is 0 Å². The molecule has 0 saturated heterocycles. The minimum Gasteiger partial charge on any atom is -0.405 e. The van der Waals surface area contributed by atoms with E-state index in [1.165, 1.54) is 30.3 Å². The van der Waals surface area contributed by atoms with Gasteiger partial charge >= 0.3 is 6.36 Å². The van der Waals surface area contributed by atoms with Crippen molar-refractivity contribution in [2.24, 2.45) is 5.73 Å². The number of hydrogen-bond acceptors (Lipinski definition) is 2. The zero-order valence-corrected chi connectivity index (χ0v) is 11.3. The second kappa shape index (κ2) is 5.91. The predicted molar refractivity (Wildman–Crippen MR) is 70.6 cm³/mol. The van der Waals surface area contributed by atoms with E-state index in [2.05, 4.69) is 4.74 Å². The first-order valence-corrected chi connectivity index (χ1v) is 6.21. The van der Waals surface area contributed by atoms with Gasteiger partial charge in [0.25, 0.3) is 0 Å². The normalized spacial score (nSPS) is 13.0. The van der Waals surface area contributed by atoms with Gasteiger partial charge in [0.05, 0.1) is 6.04 Å². The average Bonchev–Trinajstić information content (AvgIpc) is 2.37. The van der Waals surface area contributed by atoms with Gasteiger partial charge in [-0.1, -0.05) is 35.9 Å². The molecular formula is C14H10ClF4NO. The summed E-state index contributed by atoms with van der Waals surface area (Å²) >= 11 is 5.88. The summed E-state index contributed by atoms with van der Waals surface area (Å²) < 4.78 is 54.9. The van der Waals surface area contributed by atoms with Crippen LogP contribution >= 0.6 is 11.6 Å². The lowest BCUT2D eigenvalue weighted by Gasteiger charge is -2.19. The zero-order valence-electron chi connectivity index (χ0n) is 10.5. The van der Waals surface area contributed by atoms with Gasteiger partial charge in [-0.05, 0) is 18.2 Å². The zero-order chi connectivity index (χ0) is 15.6. The van der Waals surface area contributed by atoms with Crippen molar-refractivity contribution >= 4 is 11.6 Å². The monoisotopic (exact) mass is 319 g/mol. The van der Waals surface area contributed by atoms with E-state index in [4.69, 9.17) is 17.3 Å². The third-order valence-corrected chi connectivity index (χ3v) is 3.12. The summed E-state index contributed by atoms with van der Waals surface area (Å²) in [6.07, 6.45) is -4.87. The first-order valence-electron chi connectivity index (χ1n) is 5.84. The molecule has 0 aliphatic rings. The molecule has 0 fully saturated rings. The topological polar surface area (TPSA) is 35.2 Å². The van der Waals surface area contributed by atoms with E-state index in [1.54, 1.807) is 0 Å². The molecule has 0 saturated carbocycles. The largest absolute Gasteiger partial charge is 0.573 e. The number of rotatable bonds is 3. The fourth-order valence-electron chi connectivity index (χ4n) is 1.92. The number of alkyl halides is 3. The molecular weight excluding hydrogens is 310 g/mol. The molecule has 0 radical (unpaired) electrons. The van der Waals surface area contributed by atoms with E-state index >= 15 is 0 Å². The molecule has 0 aromatic heterocycles. The Morgan fingerprint density at radius 3 is 2.33 bits per heavy atom. The summed E-state index contributed by atoms with van der Waals surface area (Å²) in [7, 11) is 0. The van der Waals surface area contributed by atoms with E-state index < -0.39 is 24.0 Å². The Kier molecular flexibility index (Phi) is 4.39. The summed E-state index contributed by atoms with van der Waals surface area (Å²) in [6, 6.07) is 8.02. The van der Waals surface area contributed by atoms with Crippen molar-refractivity contribution in [1.29, 1.82) is 0 Å². The number of halogens is 5. The smallest absolute Gasteiger partial charge is 0.405 e. The Morgan fingerprint density at radius 1 is 1.05 bits per heavy atom. The van der Waals surface area contributed by atoms with Crippen LogP contribution in [0.25, 0.3) is 0 Å². The maximum Gasteiger partial charge on any atom is 0.573 e. The van der Waals surface area contributed by atoms with Gasteiger partial charge in [-0.3, -0.25) is 0 Å². The van der Waals surface area contributed by atoms with Gasteiger partial charge < -0.3 is 10.5 Å². The van der Waals surface area contributed by atoms with Gasteiger partial charge in [-0.25, -0.2) is 4.39 Å². The van der Waals surface area contributed by atoms with Gasteiger partial charge in [-0.2, -0.15) is 0 Å². The van der Waals surface area contributed by atoms with Crippen LogP contribution in [-0.2, 0) is 0 Å². The Hall–Kier alpha value is -1.79. The van der Waals surface area contributed by atoms with Crippen LogP contribution in [0.15, 0.2) is 42.5 Å². The SMILES string of the molecule is NC(c1ccccc1OC(F)(F)F)c1c(F)cccc1Cl. The standard InChI is InChI=1S/C14H10ClF4NO/c15-9-5-3-6-10(16)12(9)13(20)8-4-1-2-7-11(8)21-14(17,18)19/h1-7,13H,20H2. The quantitative estimate of drug-likeness (QED) is 0.850. The maximum absolute atomic E-state index is 13.8. The third kappa shape index (κ3) is 3.65. The predicted octanol–water partition coefficient (Wildman–Crippen LogP) is 4.43. The highest BCUT2D eigenvalue weighted by atomic mass is 35.5. The van der Waals surface area contributed by atoms with Crippen molar-refractivity contribution in [3.63, 3.8) is 0 Å². The number of para-hydroxylation sites is 1. The summed E-state index contributed by atoms with van der Waals surface area (Å²) in [4.78, 5) is 0. The lowest BCUT2D eigenvalue weighted by Crippen LogP contribution is -2.21. The highest BCUT2D eigenvalue weighted by molar-refractivity contribution is 6.31. The molecule has 2 nitrogen and oxygen atoms in total. The van der Waals surface area contributed by atoms with Gasteiger partial charge in [0.2, 0.25) is 0 Å². The molecule has 2 aromatic rings. The van der Waals surface area contributed by atoms with Crippen molar-refractivity contribution < 1.29 is 22.3 Å². The Labute approximate surface area is 123 Å². The maximum atomic E-state index is 13.8. The van der Waals surface area contributed by atoms with Crippen LogP contribution in [0.5, 0.6) is 5.75 Å². The van der Waals surface area contributed by atoms with Crippen molar-refractivity contribution in [2.45, 2.75) is 12.4 Å². The van der Waals surface area contributed by atoms with Crippen molar-refractivity contribution in [3.8, 4) is 5.75 Å². The van der Waals surface area contributed by atoms with Crippen molar-refractivity contribution in [1.82, 2.24) is 0 Å². The number of ether oxygens (including phenoxy) is 1.